The number of unbranched alkanes of at least 4 members (excludes halogenated alkanes) is 28. The fourth-order valence-corrected chi connectivity index (χ4v) is 11.6. The van der Waals surface area contributed by atoms with Gasteiger partial charge in [0.2, 0.25) is 0 Å². The molecule has 2 atom stereocenters. The van der Waals surface area contributed by atoms with Gasteiger partial charge in [-0.3, -0.25) is 9.59 Å². The van der Waals surface area contributed by atoms with Crippen LogP contribution in [0.5, 0.6) is 11.5 Å². The van der Waals surface area contributed by atoms with Crippen molar-refractivity contribution in [3.63, 3.8) is 0 Å². The molecule has 0 spiro atoms. The van der Waals surface area contributed by atoms with Crippen LogP contribution in [0.1, 0.15) is 323 Å². The van der Waals surface area contributed by atoms with Crippen LogP contribution in [0, 0.1) is 11.8 Å². The van der Waals surface area contributed by atoms with Gasteiger partial charge in [0.15, 0.2) is 0 Å². The Bertz CT molecular complexity index is 1830. The van der Waals surface area contributed by atoms with E-state index in [2.05, 4.69) is 96.9 Å². The van der Waals surface area contributed by atoms with Gasteiger partial charge in [0.05, 0.1) is 25.0 Å². The van der Waals surface area contributed by atoms with Crippen LogP contribution in [0.25, 0.3) is 0 Å². The summed E-state index contributed by atoms with van der Waals surface area (Å²) in [6, 6.07) is 7.44. The lowest BCUT2D eigenvalue weighted by molar-refractivity contribution is -0.161. The minimum atomic E-state index is -0.849. The van der Waals surface area contributed by atoms with E-state index in [9.17, 15) is 10.2 Å². The van der Waals surface area contributed by atoms with E-state index in [1.807, 2.05) is 12.1 Å². The topological polar surface area (TPSA) is 93.1 Å². The van der Waals surface area contributed by atoms with Gasteiger partial charge in [0.25, 0.3) is 0 Å². The first-order chi connectivity index (χ1) is 35.0. The lowest BCUT2D eigenvalue weighted by Gasteiger charge is -2.35. The molecule has 0 aromatic heterocycles. The summed E-state index contributed by atoms with van der Waals surface area (Å²) < 4.78 is 12.6. The number of carbonyl (C=O) groups excluding carboxylic acids is 2. The third-order valence-corrected chi connectivity index (χ3v) is 15.5. The molecule has 0 radical (unpaired) electrons. The Hall–Kier alpha value is -3.02. The number of esters is 2. The van der Waals surface area contributed by atoms with E-state index in [-0.39, 0.29) is 57.9 Å². The van der Waals surface area contributed by atoms with Gasteiger partial charge in [-0.2, -0.15) is 0 Å². The molecule has 0 amide bonds. The maximum Gasteiger partial charge on any atom is 0.310 e. The fourth-order valence-electron chi connectivity index (χ4n) is 11.6. The maximum atomic E-state index is 15.0. The van der Waals surface area contributed by atoms with Gasteiger partial charge in [0, 0.05) is 11.1 Å². The van der Waals surface area contributed by atoms with Crippen molar-refractivity contribution in [2.75, 3.05) is 13.2 Å². The Morgan fingerprint density at radius 2 is 0.568 bits per heavy atom. The van der Waals surface area contributed by atoms with Crippen LogP contribution >= 0.6 is 0 Å². The Morgan fingerprint density at radius 3 is 0.784 bits per heavy atom. The number of benzene rings is 2. The normalized spacial score (nSPS) is 13.3. The number of rotatable bonds is 39. The summed E-state index contributed by atoms with van der Waals surface area (Å²) in [6.45, 7) is 30.8. The van der Waals surface area contributed by atoms with E-state index < -0.39 is 11.8 Å². The summed E-state index contributed by atoms with van der Waals surface area (Å²) >= 11 is 0. The van der Waals surface area contributed by atoms with Gasteiger partial charge in [-0.15, -0.1) is 0 Å². The van der Waals surface area contributed by atoms with Crippen molar-refractivity contribution in [3.05, 3.63) is 57.6 Å². The quantitative estimate of drug-likeness (QED) is 0.0512. The zero-order valence-corrected chi connectivity index (χ0v) is 51.0. The van der Waals surface area contributed by atoms with E-state index in [4.69, 9.17) is 9.47 Å². The van der Waals surface area contributed by atoms with E-state index in [0.29, 0.717) is 13.2 Å². The first-order valence-electron chi connectivity index (χ1n) is 31.0. The number of phenolic OH excluding ortho intramolecular Hbond substituents is 2. The standard InChI is InChI=1S/C68H118O6/c1-15-17-19-21-23-25-27-29-31-32-34-36-38-40-42-44-50-74-64(72)56(52-54-46-48-58(70)62(68(12,13)14)60(54)66(6,7)8)55(51-53-45-47-57(69)61(67(9,10)11)59(53)65(3,4)5)63(71)73-49-43-41-39-37-35-33-30-28-26-24-22-20-18-16-2/h45-48,55-56,69-70H,15-44,49-52H2,1-14H3. The highest BCUT2D eigenvalue weighted by atomic mass is 16.5. The molecule has 2 rings (SSSR count). The van der Waals surface area contributed by atoms with E-state index in [1.165, 1.54) is 154 Å². The minimum absolute atomic E-state index is 0.242. The molecular weight excluding hydrogens is 913 g/mol. The van der Waals surface area contributed by atoms with Gasteiger partial charge in [-0.1, -0.05) is 289 Å². The van der Waals surface area contributed by atoms with Crippen LogP contribution in [-0.2, 0) is 53.6 Å². The molecule has 2 aromatic carbocycles. The van der Waals surface area contributed by atoms with Crippen LogP contribution in [-0.4, -0.2) is 35.4 Å². The molecule has 0 heterocycles. The fraction of sp³-hybridized carbons (Fsp3) is 0.794. The summed E-state index contributed by atoms with van der Waals surface area (Å²) in [7, 11) is 0. The van der Waals surface area contributed by atoms with Crippen LogP contribution in [0.2, 0.25) is 0 Å². The molecule has 0 saturated carbocycles. The predicted octanol–water partition coefficient (Wildman–Crippen LogP) is 20.1. The number of hydrogen-bond donors (Lipinski definition) is 2. The van der Waals surface area contributed by atoms with Gasteiger partial charge in [0.1, 0.15) is 11.5 Å². The summed E-state index contributed by atoms with van der Waals surface area (Å²) in [5.41, 5.74) is 4.10. The molecule has 2 unspecified atom stereocenters. The number of ether oxygens (including phenoxy) is 2. The Balaban J connectivity index is 2.37. The molecule has 0 aliphatic carbocycles. The molecule has 2 aromatic rings. The Kier molecular flexibility index (Phi) is 32.1. The number of phenols is 2. The molecule has 6 nitrogen and oxygen atoms in total. The highest BCUT2D eigenvalue weighted by molar-refractivity contribution is 5.83. The molecule has 2 N–H and O–H groups in total. The van der Waals surface area contributed by atoms with Gasteiger partial charge >= 0.3 is 11.9 Å². The molecule has 0 saturated heterocycles. The van der Waals surface area contributed by atoms with Crippen LogP contribution in [0.4, 0.5) is 0 Å². The second-order valence-electron chi connectivity index (χ2n) is 26.8. The lowest BCUT2D eigenvalue weighted by Crippen LogP contribution is -2.37. The minimum Gasteiger partial charge on any atom is -0.508 e. The summed E-state index contributed by atoms with van der Waals surface area (Å²) in [6.07, 6.45) is 38.4. The molecule has 0 aliphatic heterocycles. The van der Waals surface area contributed by atoms with Crippen molar-refractivity contribution in [1.29, 1.82) is 0 Å². The average molecular weight is 1030 g/mol. The van der Waals surface area contributed by atoms with Crippen LogP contribution in [0.15, 0.2) is 24.3 Å². The first kappa shape index (κ1) is 67.1. The van der Waals surface area contributed by atoms with Crippen LogP contribution in [0.3, 0.4) is 0 Å². The Morgan fingerprint density at radius 1 is 0.351 bits per heavy atom. The van der Waals surface area contributed by atoms with Crippen molar-refractivity contribution in [1.82, 2.24) is 0 Å². The first-order valence-corrected chi connectivity index (χ1v) is 31.0. The monoisotopic (exact) mass is 1030 g/mol. The highest BCUT2D eigenvalue weighted by Gasteiger charge is 2.41. The van der Waals surface area contributed by atoms with E-state index in [0.717, 1.165) is 71.9 Å². The van der Waals surface area contributed by atoms with Crippen molar-refractivity contribution in [2.24, 2.45) is 11.8 Å². The number of aromatic hydroxyl groups is 2. The van der Waals surface area contributed by atoms with E-state index in [1.54, 1.807) is 12.1 Å². The zero-order chi connectivity index (χ0) is 55.2. The molecule has 0 aliphatic rings. The molecule has 6 heteroatoms. The van der Waals surface area contributed by atoms with E-state index >= 15 is 9.59 Å². The maximum absolute atomic E-state index is 15.0. The highest BCUT2D eigenvalue weighted by Crippen LogP contribution is 2.45. The molecule has 74 heavy (non-hydrogen) atoms. The third-order valence-electron chi connectivity index (χ3n) is 15.5. The second-order valence-corrected chi connectivity index (χ2v) is 26.8. The average Bonchev–Trinajstić information content (AvgIpc) is 3.31. The molecular formula is C68H118O6. The van der Waals surface area contributed by atoms with Crippen molar-refractivity contribution >= 4 is 11.9 Å². The molecule has 0 fully saturated rings. The van der Waals surface area contributed by atoms with Crippen molar-refractivity contribution in [2.45, 2.75) is 324 Å². The number of carbonyl (C=O) groups is 2. The predicted molar refractivity (Wildman–Crippen MR) is 317 cm³/mol. The number of hydrogen-bond acceptors (Lipinski definition) is 6. The largest absolute Gasteiger partial charge is 0.508 e. The molecule has 426 valence electrons. The SMILES string of the molecule is CCCCCCCCCCCCCCCCCCOC(=O)C(Cc1ccc(O)c(C(C)(C)C)c1C(C)(C)C)C(Cc1ccc(O)c(C(C)(C)C)c1C(C)(C)C)C(=O)OCCCCCCCCCCCCCCCC. The second kappa shape index (κ2) is 35.4. The van der Waals surface area contributed by atoms with Crippen LogP contribution < -0.4 is 0 Å². The smallest absolute Gasteiger partial charge is 0.310 e. The van der Waals surface area contributed by atoms with Gasteiger partial charge in [-0.05, 0) is 81.7 Å². The van der Waals surface area contributed by atoms with Crippen molar-refractivity contribution < 1.29 is 29.3 Å². The summed E-state index contributed by atoms with van der Waals surface area (Å²) in [4.78, 5) is 30.0. The lowest BCUT2D eigenvalue weighted by atomic mass is 9.69. The third kappa shape index (κ3) is 25.9. The summed E-state index contributed by atoms with van der Waals surface area (Å²) in [5, 5.41) is 22.9. The Labute approximate surface area is 457 Å². The summed E-state index contributed by atoms with van der Waals surface area (Å²) in [5.74, 6) is -1.96. The molecule has 0 bridgehead atoms. The van der Waals surface area contributed by atoms with Crippen molar-refractivity contribution in [3.8, 4) is 11.5 Å². The van der Waals surface area contributed by atoms with Gasteiger partial charge in [-0.25, -0.2) is 0 Å². The van der Waals surface area contributed by atoms with Gasteiger partial charge < -0.3 is 19.7 Å². The zero-order valence-electron chi connectivity index (χ0n) is 51.0.